The van der Waals surface area contributed by atoms with Crippen molar-refractivity contribution in [1.29, 1.82) is 0 Å². The quantitative estimate of drug-likeness (QED) is 0.136. The highest BCUT2D eigenvalue weighted by atomic mass is 19.4. The number of halogens is 3. The van der Waals surface area contributed by atoms with Crippen LogP contribution < -0.4 is 30.3 Å². The highest BCUT2D eigenvalue weighted by molar-refractivity contribution is 6.39. The van der Waals surface area contributed by atoms with Crippen LogP contribution in [0.2, 0.25) is 0 Å². The van der Waals surface area contributed by atoms with Crippen LogP contribution in [0.3, 0.4) is 0 Å². The van der Waals surface area contributed by atoms with E-state index in [0.29, 0.717) is 23.6 Å². The highest BCUT2D eigenvalue weighted by Crippen LogP contribution is 2.34. The molecule has 0 unspecified atom stereocenters. The summed E-state index contributed by atoms with van der Waals surface area (Å²) in [6, 6.07) is 15.4. The van der Waals surface area contributed by atoms with Gasteiger partial charge in [0.05, 0.1) is 24.6 Å². The van der Waals surface area contributed by atoms with Crippen molar-refractivity contribution < 1.29 is 41.8 Å². The number of hydrogen-bond donors (Lipinski definition) is 3. The lowest BCUT2D eigenvalue weighted by Gasteiger charge is -2.14. The van der Waals surface area contributed by atoms with Crippen molar-refractivity contribution in [3.8, 4) is 17.2 Å². The number of ether oxygens (including phenoxy) is 3. The molecular formula is C28H25F3N4O6. The first-order chi connectivity index (χ1) is 19.6. The SMILES string of the molecule is C=CCOc1ccc(NC(=O)C(=O)N/N=C\c2ccc(OCC(=O)Nc3ccccc3C(F)(F)F)c(OC)c2)cc1. The number of nitrogens with zero attached hydrogens (tertiary/aromatic N) is 1. The lowest BCUT2D eigenvalue weighted by Crippen LogP contribution is -2.32. The molecular weight excluding hydrogens is 545 g/mol. The van der Waals surface area contributed by atoms with E-state index in [2.05, 4.69) is 27.7 Å². The standard InChI is InChI=1S/C28H25F3N4O6/c1-3-14-40-20-11-9-19(10-12-20)33-26(37)27(38)35-32-16-18-8-13-23(24(15-18)39-2)41-17-25(36)34-22-7-5-4-6-21(22)28(29,30)31/h3-13,15-16H,1,14,17H2,2H3,(H,33,37)(H,34,36)(H,35,38)/b32-16-. The van der Waals surface area contributed by atoms with E-state index in [1.165, 1.54) is 43.7 Å². The largest absolute Gasteiger partial charge is 0.493 e. The lowest BCUT2D eigenvalue weighted by molar-refractivity contribution is -0.137. The van der Waals surface area contributed by atoms with E-state index in [9.17, 15) is 27.6 Å². The molecule has 0 saturated heterocycles. The molecule has 0 aliphatic heterocycles. The molecule has 0 fully saturated rings. The second-order valence-corrected chi connectivity index (χ2v) is 8.07. The van der Waals surface area contributed by atoms with Crippen LogP contribution in [-0.2, 0) is 20.6 Å². The summed E-state index contributed by atoms with van der Waals surface area (Å²) >= 11 is 0. The molecule has 3 N–H and O–H groups in total. The predicted octanol–water partition coefficient (Wildman–Crippen LogP) is 4.39. The van der Waals surface area contributed by atoms with Crippen molar-refractivity contribution in [2.45, 2.75) is 6.18 Å². The van der Waals surface area contributed by atoms with Crippen molar-refractivity contribution in [1.82, 2.24) is 5.43 Å². The average Bonchev–Trinajstić information content (AvgIpc) is 2.95. The third kappa shape index (κ3) is 9.13. The predicted molar refractivity (Wildman–Crippen MR) is 145 cm³/mol. The first-order valence-electron chi connectivity index (χ1n) is 11.9. The number of carbonyl (C=O) groups excluding carboxylic acids is 3. The van der Waals surface area contributed by atoms with Gasteiger partial charge in [0.2, 0.25) is 0 Å². The number of benzene rings is 3. The van der Waals surface area contributed by atoms with Crippen molar-refractivity contribution in [2.75, 3.05) is 31.0 Å². The van der Waals surface area contributed by atoms with Crippen LogP contribution in [0, 0.1) is 0 Å². The van der Waals surface area contributed by atoms with Crippen LogP contribution in [-0.4, -0.2) is 44.3 Å². The maximum Gasteiger partial charge on any atom is 0.418 e. The Balaban J connectivity index is 1.52. The van der Waals surface area contributed by atoms with Gasteiger partial charge in [0.25, 0.3) is 5.91 Å². The smallest absolute Gasteiger partial charge is 0.418 e. The zero-order valence-electron chi connectivity index (χ0n) is 21.7. The number of carbonyl (C=O) groups is 3. The number of rotatable bonds is 11. The van der Waals surface area contributed by atoms with Crippen molar-refractivity contribution >= 4 is 35.3 Å². The van der Waals surface area contributed by atoms with E-state index in [0.717, 1.165) is 12.1 Å². The van der Waals surface area contributed by atoms with Gasteiger partial charge in [-0.25, -0.2) is 5.43 Å². The Morgan fingerprint density at radius 1 is 0.927 bits per heavy atom. The Morgan fingerprint density at radius 3 is 2.34 bits per heavy atom. The van der Waals surface area contributed by atoms with Crippen molar-refractivity contribution in [2.24, 2.45) is 5.10 Å². The Kier molecular flexibility index (Phi) is 10.4. The van der Waals surface area contributed by atoms with E-state index in [4.69, 9.17) is 14.2 Å². The molecule has 3 rings (SSSR count). The van der Waals surface area contributed by atoms with Gasteiger partial charge >= 0.3 is 18.0 Å². The summed E-state index contributed by atoms with van der Waals surface area (Å²) in [5, 5.41) is 8.34. The minimum atomic E-state index is -4.64. The molecule has 0 atom stereocenters. The van der Waals surface area contributed by atoms with Gasteiger partial charge in [-0.3, -0.25) is 14.4 Å². The fourth-order valence-electron chi connectivity index (χ4n) is 3.25. The third-order valence-electron chi connectivity index (χ3n) is 5.12. The Hall–Kier alpha value is -5.33. The molecule has 3 amide bonds. The van der Waals surface area contributed by atoms with Crippen molar-refractivity contribution in [3.63, 3.8) is 0 Å². The molecule has 0 saturated carbocycles. The number of nitrogens with one attached hydrogen (secondary N) is 3. The molecule has 13 heteroatoms. The van der Waals surface area contributed by atoms with Crippen LogP contribution in [0.4, 0.5) is 24.5 Å². The molecule has 0 bridgehead atoms. The van der Waals surface area contributed by atoms with Crippen LogP contribution in [0.5, 0.6) is 17.2 Å². The maximum absolute atomic E-state index is 13.1. The number of hydrogen-bond acceptors (Lipinski definition) is 7. The number of amides is 3. The number of anilines is 2. The van der Waals surface area contributed by atoms with Gasteiger partial charge in [-0.1, -0.05) is 24.8 Å². The van der Waals surface area contributed by atoms with Crippen LogP contribution >= 0.6 is 0 Å². The van der Waals surface area contributed by atoms with Gasteiger partial charge in [-0.15, -0.1) is 0 Å². The Labute approximate surface area is 232 Å². The molecule has 41 heavy (non-hydrogen) atoms. The Bertz CT molecular complexity index is 1430. The summed E-state index contributed by atoms with van der Waals surface area (Å²) in [6.07, 6.45) is -1.81. The van der Waals surface area contributed by atoms with Gasteiger partial charge < -0.3 is 24.8 Å². The second kappa shape index (κ2) is 14.2. The van der Waals surface area contributed by atoms with Crippen molar-refractivity contribution in [3.05, 3.63) is 90.5 Å². The highest BCUT2D eigenvalue weighted by Gasteiger charge is 2.33. The minimum Gasteiger partial charge on any atom is -0.493 e. The summed E-state index contributed by atoms with van der Waals surface area (Å²) < 4.78 is 55.4. The average molecular weight is 571 g/mol. The number of hydrazone groups is 1. The third-order valence-corrected chi connectivity index (χ3v) is 5.12. The monoisotopic (exact) mass is 570 g/mol. The fraction of sp³-hybridized carbons (Fsp3) is 0.143. The van der Waals surface area contributed by atoms with Gasteiger partial charge in [0.15, 0.2) is 18.1 Å². The van der Waals surface area contributed by atoms with E-state index in [1.807, 2.05) is 0 Å². The molecule has 3 aromatic rings. The van der Waals surface area contributed by atoms with Crippen LogP contribution in [0.25, 0.3) is 0 Å². The summed E-state index contributed by atoms with van der Waals surface area (Å²) in [5.74, 6) is -1.89. The molecule has 0 aliphatic rings. The molecule has 3 aromatic carbocycles. The summed E-state index contributed by atoms with van der Waals surface area (Å²) in [6.45, 7) is 3.29. The van der Waals surface area contributed by atoms with Gasteiger partial charge in [0.1, 0.15) is 12.4 Å². The maximum atomic E-state index is 13.1. The molecule has 214 valence electrons. The number of methoxy groups -OCH3 is 1. The number of para-hydroxylation sites is 1. The van der Waals surface area contributed by atoms with E-state index < -0.39 is 41.8 Å². The van der Waals surface area contributed by atoms with E-state index >= 15 is 0 Å². The summed E-state index contributed by atoms with van der Waals surface area (Å²) in [7, 11) is 1.34. The zero-order valence-corrected chi connectivity index (χ0v) is 21.7. The van der Waals surface area contributed by atoms with Crippen LogP contribution in [0.1, 0.15) is 11.1 Å². The summed E-state index contributed by atoms with van der Waals surface area (Å²) in [5.41, 5.74) is 1.53. The molecule has 10 nitrogen and oxygen atoms in total. The van der Waals surface area contributed by atoms with Gasteiger partial charge in [0, 0.05) is 5.69 Å². The molecule has 0 aromatic heterocycles. The summed E-state index contributed by atoms with van der Waals surface area (Å²) in [4.78, 5) is 36.4. The normalized spacial score (nSPS) is 10.9. The molecule has 0 heterocycles. The molecule has 0 spiro atoms. The van der Waals surface area contributed by atoms with E-state index in [-0.39, 0.29) is 11.5 Å². The van der Waals surface area contributed by atoms with Crippen LogP contribution in [0.15, 0.2) is 84.5 Å². The first kappa shape index (κ1) is 30.2. The minimum absolute atomic E-state index is 0.133. The number of alkyl halides is 3. The fourth-order valence-corrected chi connectivity index (χ4v) is 3.25. The topological polar surface area (TPSA) is 127 Å². The lowest BCUT2D eigenvalue weighted by atomic mass is 10.1. The van der Waals surface area contributed by atoms with Gasteiger partial charge in [-0.05, 0) is 60.2 Å². The first-order valence-corrected chi connectivity index (χ1v) is 11.9. The van der Waals surface area contributed by atoms with Gasteiger partial charge in [-0.2, -0.15) is 18.3 Å². The zero-order chi connectivity index (χ0) is 29.8. The second-order valence-electron chi connectivity index (χ2n) is 8.07. The molecule has 0 aliphatic carbocycles. The Morgan fingerprint density at radius 2 is 1.66 bits per heavy atom. The molecule has 0 radical (unpaired) electrons. The van der Waals surface area contributed by atoms with E-state index in [1.54, 1.807) is 30.3 Å².